The van der Waals surface area contributed by atoms with Crippen molar-refractivity contribution >= 4 is 5.91 Å². The van der Waals surface area contributed by atoms with Gasteiger partial charge in [0.15, 0.2) is 0 Å². The highest BCUT2D eigenvalue weighted by atomic mass is 16.2. The number of carbonyl (C=O) groups excluding carboxylic acids is 1. The lowest BCUT2D eigenvalue weighted by Gasteiger charge is -2.36. The number of likely N-dealkylation sites (tertiary alicyclic amines) is 1. The summed E-state index contributed by atoms with van der Waals surface area (Å²) in [5, 5.41) is 0. The molecule has 1 aliphatic rings. The van der Waals surface area contributed by atoms with Gasteiger partial charge < -0.3 is 15.5 Å². The molecule has 0 saturated carbocycles. The molecule has 0 aromatic rings. The fraction of sp³-hybridized carbons (Fsp3) is 0.900. The molecule has 0 aromatic carbocycles. The van der Waals surface area contributed by atoms with E-state index in [0.29, 0.717) is 0 Å². The van der Waals surface area contributed by atoms with Crippen LogP contribution in [0.4, 0.5) is 0 Å². The highest BCUT2D eigenvalue weighted by Gasteiger charge is 2.32. The Kier molecular flexibility index (Phi) is 4.35. The summed E-state index contributed by atoms with van der Waals surface area (Å²) in [4.78, 5) is 15.4. The van der Waals surface area contributed by atoms with E-state index in [2.05, 4.69) is 18.7 Å². The molecule has 1 amide bonds. The number of nitrogens with two attached hydrogens (primary N) is 1. The van der Waals surface area contributed by atoms with Crippen molar-refractivity contribution in [1.82, 2.24) is 9.80 Å². The Balaban J connectivity index is 2.07. The van der Waals surface area contributed by atoms with Crippen molar-refractivity contribution in [2.45, 2.75) is 26.3 Å². The molecule has 82 valence electrons. The maximum Gasteiger partial charge on any atom is 0.241 e. The SMILES string of the molecule is CCN(CC)CCCN1CC(N)C1=O. The monoisotopic (exact) mass is 199 g/mol. The maximum atomic E-state index is 11.2. The zero-order valence-electron chi connectivity index (χ0n) is 9.20. The second kappa shape index (κ2) is 5.32. The van der Waals surface area contributed by atoms with Crippen molar-refractivity contribution < 1.29 is 4.79 Å². The third kappa shape index (κ3) is 2.69. The molecular formula is C10H21N3O. The third-order valence-electron chi connectivity index (χ3n) is 2.84. The van der Waals surface area contributed by atoms with Crippen molar-refractivity contribution in [3.8, 4) is 0 Å². The van der Waals surface area contributed by atoms with Crippen LogP contribution < -0.4 is 5.73 Å². The van der Waals surface area contributed by atoms with Crippen LogP contribution in [-0.4, -0.2) is 54.5 Å². The number of amides is 1. The van der Waals surface area contributed by atoms with Gasteiger partial charge >= 0.3 is 0 Å². The second-order valence-corrected chi connectivity index (χ2v) is 3.77. The molecule has 1 rings (SSSR count). The Morgan fingerprint density at radius 1 is 1.50 bits per heavy atom. The molecule has 0 spiro atoms. The number of carbonyl (C=O) groups is 1. The van der Waals surface area contributed by atoms with Gasteiger partial charge in [0, 0.05) is 13.1 Å². The van der Waals surface area contributed by atoms with Crippen LogP contribution in [0.15, 0.2) is 0 Å². The predicted octanol–water partition coefficient (Wildman–Crippen LogP) is -0.112. The fourth-order valence-corrected chi connectivity index (χ4v) is 1.75. The molecule has 14 heavy (non-hydrogen) atoms. The molecule has 4 heteroatoms. The number of hydrogen-bond acceptors (Lipinski definition) is 3. The molecule has 1 saturated heterocycles. The lowest BCUT2D eigenvalue weighted by molar-refractivity contribution is -0.142. The van der Waals surface area contributed by atoms with Crippen molar-refractivity contribution in [3.05, 3.63) is 0 Å². The summed E-state index contributed by atoms with van der Waals surface area (Å²) >= 11 is 0. The average molecular weight is 199 g/mol. The standard InChI is InChI=1S/C10H21N3O/c1-3-12(4-2)6-5-7-13-8-9(11)10(13)14/h9H,3-8,11H2,1-2H3. The quantitative estimate of drug-likeness (QED) is 0.607. The van der Waals surface area contributed by atoms with Gasteiger partial charge in [0.25, 0.3) is 0 Å². The van der Waals surface area contributed by atoms with E-state index >= 15 is 0 Å². The Morgan fingerprint density at radius 3 is 2.57 bits per heavy atom. The molecule has 0 aliphatic carbocycles. The fourth-order valence-electron chi connectivity index (χ4n) is 1.75. The molecular weight excluding hydrogens is 178 g/mol. The zero-order chi connectivity index (χ0) is 10.6. The minimum atomic E-state index is -0.219. The largest absolute Gasteiger partial charge is 0.339 e. The van der Waals surface area contributed by atoms with E-state index in [1.807, 2.05) is 4.90 Å². The normalized spacial score (nSPS) is 21.6. The van der Waals surface area contributed by atoms with Crippen LogP contribution in [0.5, 0.6) is 0 Å². The van der Waals surface area contributed by atoms with Gasteiger partial charge in [-0.05, 0) is 26.1 Å². The van der Waals surface area contributed by atoms with Crippen molar-refractivity contribution in [3.63, 3.8) is 0 Å². The summed E-state index contributed by atoms with van der Waals surface area (Å²) in [6, 6.07) is -0.219. The van der Waals surface area contributed by atoms with Gasteiger partial charge in [-0.1, -0.05) is 13.8 Å². The summed E-state index contributed by atoms with van der Waals surface area (Å²) < 4.78 is 0. The summed E-state index contributed by atoms with van der Waals surface area (Å²) in [5.74, 6) is 0.115. The van der Waals surface area contributed by atoms with E-state index in [0.717, 1.165) is 39.1 Å². The van der Waals surface area contributed by atoms with Crippen LogP contribution in [0.25, 0.3) is 0 Å². The first-order valence-corrected chi connectivity index (χ1v) is 5.45. The van der Waals surface area contributed by atoms with E-state index in [1.54, 1.807) is 0 Å². The Hall–Kier alpha value is -0.610. The highest BCUT2D eigenvalue weighted by Crippen LogP contribution is 2.08. The van der Waals surface area contributed by atoms with E-state index in [9.17, 15) is 4.79 Å². The molecule has 0 radical (unpaired) electrons. The lowest BCUT2D eigenvalue weighted by Crippen LogP contribution is -2.61. The van der Waals surface area contributed by atoms with Gasteiger partial charge in [-0.2, -0.15) is 0 Å². The average Bonchev–Trinajstić information content (AvgIpc) is 2.22. The molecule has 1 fully saturated rings. The topological polar surface area (TPSA) is 49.6 Å². The molecule has 1 aliphatic heterocycles. The Labute approximate surface area is 86.0 Å². The predicted molar refractivity (Wildman–Crippen MR) is 57.0 cm³/mol. The Bertz CT molecular complexity index is 192. The van der Waals surface area contributed by atoms with Gasteiger partial charge in [0.1, 0.15) is 6.04 Å². The van der Waals surface area contributed by atoms with E-state index < -0.39 is 0 Å². The third-order valence-corrected chi connectivity index (χ3v) is 2.84. The minimum Gasteiger partial charge on any atom is -0.339 e. The molecule has 0 aromatic heterocycles. The van der Waals surface area contributed by atoms with Gasteiger partial charge in [-0.3, -0.25) is 4.79 Å². The summed E-state index contributed by atoms with van der Waals surface area (Å²) in [6.07, 6.45) is 1.06. The van der Waals surface area contributed by atoms with Crippen LogP contribution in [0, 0.1) is 0 Å². The molecule has 1 heterocycles. The first-order valence-electron chi connectivity index (χ1n) is 5.45. The zero-order valence-corrected chi connectivity index (χ0v) is 9.20. The van der Waals surface area contributed by atoms with Crippen molar-refractivity contribution in [2.75, 3.05) is 32.7 Å². The number of rotatable bonds is 6. The van der Waals surface area contributed by atoms with Gasteiger partial charge in [-0.25, -0.2) is 0 Å². The van der Waals surface area contributed by atoms with E-state index in [-0.39, 0.29) is 11.9 Å². The van der Waals surface area contributed by atoms with Crippen LogP contribution in [0.2, 0.25) is 0 Å². The van der Waals surface area contributed by atoms with Crippen molar-refractivity contribution in [2.24, 2.45) is 5.73 Å². The molecule has 2 N–H and O–H groups in total. The second-order valence-electron chi connectivity index (χ2n) is 3.77. The van der Waals surface area contributed by atoms with Crippen LogP contribution >= 0.6 is 0 Å². The maximum absolute atomic E-state index is 11.2. The molecule has 1 unspecified atom stereocenters. The minimum absolute atomic E-state index is 0.115. The van der Waals surface area contributed by atoms with Gasteiger partial charge in [0.2, 0.25) is 5.91 Å². The van der Waals surface area contributed by atoms with E-state index in [1.165, 1.54) is 0 Å². The summed E-state index contributed by atoms with van der Waals surface area (Å²) in [6.45, 7) is 9.18. The first kappa shape index (κ1) is 11.5. The van der Waals surface area contributed by atoms with Gasteiger partial charge in [0.05, 0.1) is 0 Å². The molecule has 1 atom stereocenters. The van der Waals surface area contributed by atoms with Crippen molar-refractivity contribution in [1.29, 1.82) is 0 Å². The number of β-lactam (4-membered cyclic amide) rings is 1. The lowest BCUT2D eigenvalue weighted by atomic mass is 10.1. The molecule has 0 bridgehead atoms. The highest BCUT2D eigenvalue weighted by molar-refractivity contribution is 5.87. The van der Waals surface area contributed by atoms with Crippen LogP contribution in [0.1, 0.15) is 20.3 Å². The summed E-state index contributed by atoms with van der Waals surface area (Å²) in [7, 11) is 0. The summed E-state index contributed by atoms with van der Waals surface area (Å²) in [5.41, 5.74) is 5.49. The first-order chi connectivity index (χ1) is 6.69. The van der Waals surface area contributed by atoms with Gasteiger partial charge in [-0.15, -0.1) is 0 Å². The van der Waals surface area contributed by atoms with Crippen LogP contribution in [-0.2, 0) is 4.79 Å². The molecule has 4 nitrogen and oxygen atoms in total. The van der Waals surface area contributed by atoms with Crippen LogP contribution in [0.3, 0.4) is 0 Å². The smallest absolute Gasteiger partial charge is 0.241 e. The number of hydrogen-bond donors (Lipinski definition) is 1. The van der Waals surface area contributed by atoms with E-state index in [4.69, 9.17) is 5.73 Å². The Morgan fingerprint density at radius 2 is 2.14 bits per heavy atom. The number of nitrogens with zero attached hydrogens (tertiary/aromatic N) is 2.